The van der Waals surface area contributed by atoms with Gasteiger partial charge < -0.3 is 14.9 Å². The van der Waals surface area contributed by atoms with Gasteiger partial charge in [-0.1, -0.05) is 140 Å². The standard InChI is InChI=1S/C40H56O3/c1-27(17-19-35-31(5)23-33(41)25-39(35,7)8)13-11-15-29(3)21-37-38(43-37)22-30(4)16-12-14-28(2)18-20-36-32(6)24-34(42)26-40(36,9)10/h11-23,33-35,37-38,41-42H,24-26H2,1-10H3. The van der Waals surface area contributed by atoms with E-state index in [2.05, 4.69) is 142 Å². The largest absolute Gasteiger partial charge is 0.393 e. The van der Waals surface area contributed by atoms with Gasteiger partial charge in [-0.2, -0.15) is 0 Å². The van der Waals surface area contributed by atoms with Crippen molar-refractivity contribution in [3.8, 4) is 0 Å². The van der Waals surface area contributed by atoms with E-state index in [1.165, 1.54) is 39.0 Å². The number of epoxide rings is 1. The van der Waals surface area contributed by atoms with E-state index in [0.29, 0.717) is 5.92 Å². The highest BCUT2D eigenvalue weighted by molar-refractivity contribution is 5.38. The second-order valence-electron chi connectivity index (χ2n) is 14.4. The van der Waals surface area contributed by atoms with Crippen molar-refractivity contribution in [2.24, 2.45) is 16.7 Å². The zero-order chi connectivity index (χ0) is 31.9. The van der Waals surface area contributed by atoms with Crippen LogP contribution in [0, 0.1) is 16.7 Å². The van der Waals surface area contributed by atoms with Gasteiger partial charge in [0.2, 0.25) is 0 Å². The molecule has 0 bridgehead atoms. The Morgan fingerprint density at radius 2 is 1.35 bits per heavy atom. The molecule has 5 unspecified atom stereocenters. The zero-order valence-electron chi connectivity index (χ0n) is 28.3. The van der Waals surface area contributed by atoms with Crippen molar-refractivity contribution in [2.45, 2.75) is 113 Å². The fraction of sp³-hybridized carbons (Fsp3) is 0.500. The average molecular weight is 585 g/mol. The molecular weight excluding hydrogens is 528 g/mol. The second kappa shape index (κ2) is 14.8. The van der Waals surface area contributed by atoms with Crippen LogP contribution in [0.15, 0.2) is 118 Å². The predicted molar refractivity (Wildman–Crippen MR) is 184 cm³/mol. The summed E-state index contributed by atoms with van der Waals surface area (Å²) >= 11 is 0. The Balaban J connectivity index is 1.50. The normalized spacial score (nSPS) is 30.8. The molecule has 3 heteroatoms. The molecule has 1 aliphatic heterocycles. The van der Waals surface area contributed by atoms with E-state index in [9.17, 15) is 10.2 Å². The van der Waals surface area contributed by atoms with Crippen LogP contribution in [-0.2, 0) is 4.74 Å². The third-order valence-electron chi connectivity index (χ3n) is 8.92. The van der Waals surface area contributed by atoms with Crippen LogP contribution < -0.4 is 0 Å². The van der Waals surface area contributed by atoms with Crippen LogP contribution in [0.5, 0.6) is 0 Å². The Morgan fingerprint density at radius 3 is 1.88 bits per heavy atom. The van der Waals surface area contributed by atoms with Crippen molar-refractivity contribution in [3.05, 3.63) is 118 Å². The van der Waals surface area contributed by atoms with Crippen molar-refractivity contribution in [3.63, 3.8) is 0 Å². The van der Waals surface area contributed by atoms with E-state index < -0.39 is 0 Å². The van der Waals surface area contributed by atoms with Crippen molar-refractivity contribution in [1.82, 2.24) is 0 Å². The van der Waals surface area contributed by atoms with Crippen LogP contribution in [0.3, 0.4) is 0 Å². The van der Waals surface area contributed by atoms with Gasteiger partial charge in [0.15, 0.2) is 0 Å². The minimum Gasteiger partial charge on any atom is -0.393 e. The van der Waals surface area contributed by atoms with Gasteiger partial charge in [0.25, 0.3) is 0 Å². The summed E-state index contributed by atoms with van der Waals surface area (Å²) in [6, 6.07) is 0. The Hall–Kier alpha value is -2.72. The third kappa shape index (κ3) is 10.7. The molecular formula is C40H56O3. The highest BCUT2D eigenvalue weighted by Crippen LogP contribution is 2.42. The monoisotopic (exact) mass is 584 g/mol. The average Bonchev–Trinajstić information content (AvgIpc) is 3.57. The highest BCUT2D eigenvalue weighted by atomic mass is 16.6. The molecule has 234 valence electrons. The van der Waals surface area contributed by atoms with Crippen molar-refractivity contribution in [2.75, 3.05) is 0 Å². The van der Waals surface area contributed by atoms with Gasteiger partial charge in [0.1, 0.15) is 12.2 Å². The fourth-order valence-corrected chi connectivity index (χ4v) is 6.65. The number of rotatable bonds is 10. The fourth-order valence-electron chi connectivity index (χ4n) is 6.65. The molecule has 1 fully saturated rings. The van der Waals surface area contributed by atoms with E-state index in [1.807, 2.05) is 6.08 Å². The summed E-state index contributed by atoms with van der Waals surface area (Å²) in [6.07, 6.45) is 30.1. The molecule has 2 N–H and O–H groups in total. The summed E-state index contributed by atoms with van der Waals surface area (Å²) in [7, 11) is 0. The van der Waals surface area contributed by atoms with E-state index >= 15 is 0 Å². The molecule has 1 saturated heterocycles. The van der Waals surface area contributed by atoms with Crippen LogP contribution >= 0.6 is 0 Å². The van der Waals surface area contributed by atoms with E-state index in [1.54, 1.807) is 0 Å². The maximum Gasteiger partial charge on any atom is 0.107 e. The van der Waals surface area contributed by atoms with E-state index in [4.69, 9.17) is 4.74 Å². The molecule has 5 atom stereocenters. The van der Waals surface area contributed by atoms with Crippen LogP contribution in [0.1, 0.15) is 88.5 Å². The zero-order valence-corrected chi connectivity index (χ0v) is 28.3. The molecule has 0 spiro atoms. The molecule has 0 radical (unpaired) electrons. The lowest BCUT2D eigenvalue weighted by atomic mass is 9.67. The Bertz CT molecular complexity index is 1310. The summed E-state index contributed by atoms with van der Waals surface area (Å²) in [4.78, 5) is 0. The number of hydrogen-bond donors (Lipinski definition) is 2. The molecule has 0 saturated carbocycles. The first-order valence-corrected chi connectivity index (χ1v) is 15.9. The second-order valence-corrected chi connectivity index (χ2v) is 14.4. The third-order valence-corrected chi connectivity index (χ3v) is 8.92. The number of aliphatic hydroxyl groups is 2. The van der Waals surface area contributed by atoms with Gasteiger partial charge in [-0.05, 0) is 77.2 Å². The number of allylic oxidation sites excluding steroid dienone is 16. The van der Waals surface area contributed by atoms with Crippen LogP contribution in [-0.4, -0.2) is 34.6 Å². The van der Waals surface area contributed by atoms with Crippen LogP contribution in [0.25, 0.3) is 0 Å². The summed E-state index contributed by atoms with van der Waals surface area (Å²) in [5.41, 5.74) is 8.71. The van der Waals surface area contributed by atoms with Crippen LogP contribution in [0.4, 0.5) is 0 Å². The van der Waals surface area contributed by atoms with Crippen molar-refractivity contribution >= 4 is 0 Å². The lowest BCUT2D eigenvalue weighted by Crippen LogP contribution is -2.32. The first-order valence-electron chi connectivity index (χ1n) is 15.9. The van der Waals surface area contributed by atoms with E-state index in [-0.39, 0.29) is 35.2 Å². The van der Waals surface area contributed by atoms with Gasteiger partial charge in [0, 0.05) is 5.92 Å². The number of ether oxygens (including phenoxy) is 1. The summed E-state index contributed by atoms with van der Waals surface area (Å²) in [5, 5.41) is 20.2. The Morgan fingerprint density at radius 1 is 0.791 bits per heavy atom. The number of aliphatic hydroxyl groups excluding tert-OH is 2. The van der Waals surface area contributed by atoms with Gasteiger partial charge in [-0.15, -0.1) is 0 Å². The lowest BCUT2D eigenvalue weighted by molar-refractivity contribution is 0.116. The van der Waals surface area contributed by atoms with Gasteiger partial charge in [-0.25, -0.2) is 0 Å². The molecule has 3 rings (SSSR count). The highest BCUT2D eigenvalue weighted by Gasteiger charge is 2.35. The number of hydrogen-bond acceptors (Lipinski definition) is 3. The predicted octanol–water partition coefficient (Wildman–Crippen LogP) is 9.61. The maximum atomic E-state index is 10.1. The minimum atomic E-state index is -0.334. The first kappa shape index (κ1) is 34.8. The summed E-state index contributed by atoms with van der Waals surface area (Å²) in [6.45, 7) is 21.6. The minimum absolute atomic E-state index is 0.000210. The molecule has 2 aliphatic carbocycles. The molecule has 0 aromatic heterocycles. The van der Waals surface area contributed by atoms with Crippen LogP contribution in [0.2, 0.25) is 0 Å². The first-order chi connectivity index (χ1) is 20.1. The molecule has 0 aromatic rings. The Labute approximate surface area is 262 Å². The molecule has 3 aliphatic rings. The molecule has 0 amide bonds. The van der Waals surface area contributed by atoms with Crippen molar-refractivity contribution < 1.29 is 14.9 Å². The van der Waals surface area contributed by atoms with Crippen molar-refractivity contribution in [1.29, 1.82) is 0 Å². The molecule has 43 heavy (non-hydrogen) atoms. The lowest BCUT2D eigenvalue weighted by Gasteiger charge is -2.38. The van der Waals surface area contributed by atoms with Gasteiger partial charge in [0.05, 0.1) is 12.2 Å². The quantitative estimate of drug-likeness (QED) is 0.153. The maximum absolute atomic E-state index is 10.1. The SMILES string of the molecule is CC(C=CC1=C(C)CC(O)CC1(C)C)=CC=CC(C)=CC1OC1C=C(C)C=CC=C(C)C=CC1C(C)=CC(O)CC1(C)C. The Kier molecular flexibility index (Phi) is 12.0. The molecule has 0 aromatic carbocycles. The topological polar surface area (TPSA) is 53.0 Å². The van der Waals surface area contributed by atoms with Gasteiger partial charge in [-0.3, -0.25) is 0 Å². The van der Waals surface area contributed by atoms with E-state index in [0.717, 1.165) is 19.3 Å². The summed E-state index contributed by atoms with van der Waals surface area (Å²) < 4.78 is 5.88. The van der Waals surface area contributed by atoms with Gasteiger partial charge >= 0.3 is 0 Å². The molecule has 3 nitrogen and oxygen atoms in total. The smallest absolute Gasteiger partial charge is 0.107 e. The molecule has 1 heterocycles. The summed E-state index contributed by atoms with van der Waals surface area (Å²) in [5.74, 6) is 0.342.